The molecule has 1 aromatic rings. The zero-order chi connectivity index (χ0) is 30.8. The third-order valence-electron chi connectivity index (χ3n) is 8.60. The van der Waals surface area contributed by atoms with Crippen LogP contribution in [-0.4, -0.2) is 106 Å². The van der Waals surface area contributed by atoms with E-state index in [1.807, 2.05) is 6.92 Å². The molecule has 4 rings (SSSR count). The lowest BCUT2D eigenvalue weighted by atomic mass is 9.55. The van der Waals surface area contributed by atoms with E-state index in [4.69, 9.17) is 11.5 Å². The van der Waals surface area contributed by atoms with Crippen LogP contribution in [-0.2, 0) is 27.3 Å². The number of fused-ring (bicyclic) bond motifs is 3. The summed E-state index contributed by atoms with van der Waals surface area (Å²) in [4.78, 5) is 42.8. The van der Waals surface area contributed by atoms with E-state index in [0.717, 1.165) is 0 Å². The molecule has 1 saturated carbocycles. The Labute approximate surface area is 237 Å². The summed E-state index contributed by atoms with van der Waals surface area (Å²) in [6, 6.07) is 0.431. The van der Waals surface area contributed by atoms with Crippen molar-refractivity contribution in [2.45, 2.75) is 56.0 Å². The number of ketones is 2. The van der Waals surface area contributed by atoms with Crippen molar-refractivity contribution in [3.8, 4) is 5.75 Å². The van der Waals surface area contributed by atoms with Gasteiger partial charge >= 0.3 is 0 Å². The number of aromatic hydroxyl groups is 1. The fraction of sp³-hybridized carbons (Fsp3) is 0.536. The number of aliphatic hydroxyl groups is 4. The maximum atomic E-state index is 14.1. The monoisotopic (exact) mass is 573 g/mol. The van der Waals surface area contributed by atoms with Gasteiger partial charge in [0.2, 0.25) is 5.78 Å². The number of carbonyl (C=O) groups is 3. The van der Waals surface area contributed by atoms with Gasteiger partial charge in [0.1, 0.15) is 22.8 Å². The average molecular weight is 574 g/mol. The first-order valence-electron chi connectivity index (χ1n) is 13.4. The zero-order valence-corrected chi connectivity index (χ0v) is 23.9. The molecule has 10 N–H and O–H groups in total. The van der Waals surface area contributed by atoms with Crippen LogP contribution in [0.15, 0.2) is 23.0 Å². The van der Waals surface area contributed by atoms with E-state index in [1.54, 1.807) is 25.1 Å². The van der Waals surface area contributed by atoms with Crippen LogP contribution in [0.4, 0.5) is 5.69 Å². The number of phenolic OH excluding ortho intramolecular Hbond substituents is 1. The maximum absolute atomic E-state index is 14.1. The van der Waals surface area contributed by atoms with Crippen molar-refractivity contribution in [2.24, 2.45) is 17.4 Å². The van der Waals surface area contributed by atoms with Crippen LogP contribution in [0.5, 0.6) is 5.75 Å². The van der Waals surface area contributed by atoms with E-state index in [-0.39, 0.29) is 43.3 Å². The Morgan fingerprint density at radius 3 is 2.37 bits per heavy atom. The molecule has 13 heteroatoms. The molecule has 3 aliphatic rings. The van der Waals surface area contributed by atoms with Crippen LogP contribution >= 0.6 is 0 Å². The second-order valence-corrected chi connectivity index (χ2v) is 11.8. The lowest BCUT2D eigenvalue weighted by Crippen LogP contribution is -2.70. The number of nitrogens with zero attached hydrogens (tertiary/aromatic N) is 2. The Kier molecular flexibility index (Phi) is 7.73. The van der Waals surface area contributed by atoms with Crippen LogP contribution in [0, 0.1) is 5.92 Å². The van der Waals surface area contributed by atoms with Crippen LogP contribution < -0.4 is 21.7 Å². The van der Waals surface area contributed by atoms with Gasteiger partial charge < -0.3 is 47.2 Å². The van der Waals surface area contributed by atoms with Crippen molar-refractivity contribution in [3.05, 3.63) is 39.7 Å². The van der Waals surface area contributed by atoms with Crippen molar-refractivity contribution in [1.29, 1.82) is 0 Å². The standard InChI is InChI=1S/C28H39N5O8/c1-12(6-7-34)31-11-13-8-16(32(2)3)14-9-27(30)10-15-20(33(4)5)23(37)18(26(29)40)24(38)28(15,41)25(39)19(27)22(36)17(14)21(13)35/h8,12,15,20,31,34-36,38,41H,6-7,9-11,30H2,1-5H3,(H2,29,40)/t12?,15-,20?,27+,28+/m0/s1. The highest BCUT2D eigenvalue weighted by atomic mass is 16.3. The molecule has 3 aliphatic carbocycles. The minimum atomic E-state index is -2.78. The average Bonchev–Trinajstić information content (AvgIpc) is 2.85. The Hall–Kier alpha value is -3.49. The predicted octanol–water partition coefficient (Wildman–Crippen LogP) is -1.03. The minimum absolute atomic E-state index is 0.0240. The maximum Gasteiger partial charge on any atom is 0.255 e. The van der Waals surface area contributed by atoms with Gasteiger partial charge in [-0.05, 0) is 51.9 Å². The van der Waals surface area contributed by atoms with Gasteiger partial charge in [0, 0.05) is 50.5 Å². The number of phenols is 1. The number of rotatable bonds is 8. The molecule has 0 aromatic heterocycles. The van der Waals surface area contributed by atoms with Crippen molar-refractivity contribution in [3.63, 3.8) is 0 Å². The smallest absolute Gasteiger partial charge is 0.255 e. The molecule has 0 spiro atoms. The van der Waals surface area contributed by atoms with Gasteiger partial charge in [0.15, 0.2) is 11.4 Å². The lowest BCUT2D eigenvalue weighted by molar-refractivity contribution is -0.154. The highest BCUT2D eigenvalue weighted by Gasteiger charge is 2.67. The highest BCUT2D eigenvalue weighted by molar-refractivity contribution is 6.24. The molecule has 1 aromatic carbocycles. The number of carbonyl (C=O) groups excluding carboxylic acids is 3. The number of anilines is 1. The summed E-state index contributed by atoms with van der Waals surface area (Å²) in [5.74, 6) is -6.76. The number of hydrogen-bond donors (Lipinski definition) is 8. The number of nitrogens with two attached hydrogens (primary N) is 2. The van der Waals surface area contributed by atoms with E-state index in [1.165, 1.54) is 19.0 Å². The molecule has 0 aliphatic heterocycles. The molecule has 224 valence electrons. The topological polar surface area (TPSA) is 223 Å². The number of amides is 1. The Balaban J connectivity index is 1.96. The molecule has 41 heavy (non-hydrogen) atoms. The molecule has 1 amide bonds. The zero-order valence-electron chi connectivity index (χ0n) is 23.9. The Morgan fingerprint density at radius 1 is 1.20 bits per heavy atom. The summed E-state index contributed by atoms with van der Waals surface area (Å²) in [5.41, 5.74) is 7.98. The number of hydrogen-bond acceptors (Lipinski definition) is 12. The molecular weight excluding hydrogens is 534 g/mol. The van der Waals surface area contributed by atoms with Crippen molar-refractivity contribution in [2.75, 3.05) is 39.7 Å². The van der Waals surface area contributed by atoms with Crippen LogP contribution in [0.25, 0.3) is 5.76 Å². The van der Waals surface area contributed by atoms with Crippen molar-refractivity contribution >= 4 is 28.9 Å². The summed E-state index contributed by atoms with van der Waals surface area (Å²) in [7, 11) is 6.60. The van der Waals surface area contributed by atoms with Gasteiger partial charge in [0.25, 0.3) is 5.91 Å². The third-order valence-corrected chi connectivity index (χ3v) is 8.60. The summed E-state index contributed by atoms with van der Waals surface area (Å²) in [6.07, 6.45) is 0.206. The largest absolute Gasteiger partial charge is 0.508 e. The quantitative estimate of drug-likeness (QED) is 0.175. The van der Waals surface area contributed by atoms with Gasteiger partial charge in [-0.3, -0.25) is 19.3 Å². The van der Waals surface area contributed by atoms with Crippen molar-refractivity contribution < 1.29 is 39.9 Å². The SMILES string of the molecule is CC(CCO)NCc1cc(N(C)C)c2c(c1O)C(O)=C1C(=O)[C@]3(O)C(O)=C(C(N)=O)C(=O)C(N(C)C)[C@@H]3C[C@]1(N)C2. The third kappa shape index (κ3) is 4.48. The molecule has 5 atom stereocenters. The molecule has 0 heterocycles. The molecule has 0 radical (unpaired) electrons. The van der Waals surface area contributed by atoms with Gasteiger partial charge in [0.05, 0.1) is 22.7 Å². The predicted molar refractivity (Wildman–Crippen MR) is 150 cm³/mol. The molecule has 0 bridgehead atoms. The fourth-order valence-electron chi connectivity index (χ4n) is 6.56. The molecule has 2 unspecified atom stereocenters. The van der Waals surface area contributed by atoms with Crippen LogP contribution in [0.3, 0.4) is 0 Å². The lowest BCUT2D eigenvalue weighted by Gasteiger charge is -2.53. The molecule has 0 saturated heterocycles. The number of benzene rings is 1. The van der Waals surface area contributed by atoms with Gasteiger partial charge in [-0.2, -0.15) is 0 Å². The van der Waals surface area contributed by atoms with E-state index < -0.39 is 63.2 Å². The Bertz CT molecular complexity index is 1390. The fourth-order valence-corrected chi connectivity index (χ4v) is 6.56. The first-order chi connectivity index (χ1) is 19.0. The normalized spacial score (nSPS) is 28.4. The number of Topliss-reactive ketones (excluding diaryl/α,β-unsaturated/α-hetero) is 2. The first-order valence-corrected chi connectivity index (χ1v) is 13.4. The van der Waals surface area contributed by atoms with Crippen LogP contribution in [0.1, 0.15) is 36.5 Å². The minimum Gasteiger partial charge on any atom is -0.508 e. The highest BCUT2D eigenvalue weighted by Crippen LogP contribution is 2.54. The number of primary amides is 1. The first kappa shape index (κ1) is 30.5. The number of nitrogens with one attached hydrogen (secondary N) is 1. The second-order valence-electron chi connectivity index (χ2n) is 11.8. The summed E-state index contributed by atoms with van der Waals surface area (Å²) in [6.45, 7) is 2.02. The second kappa shape index (κ2) is 10.4. The Morgan fingerprint density at radius 2 is 1.83 bits per heavy atom. The number of likely N-dealkylation sites (N-methyl/N-ethyl adjacent to an activating group) is 1. The van der Waals surface area contributed by atoms with E-state index in [0.29, 0.717) is 23.2 Å². The van der Waals surface area contributed by atoms with E-state index in [9.17, 15) is 39.9 Å². The molecule has 1 fully saturated rings. The van der Waals surface area contributed by atoms with Crippen LogP contribution in [0.2, 0.25) is 0 Å². The van der Waals surface area contributed by atoms with E-state index >= 15 is 0 Å². The van der Waals surface area contributed by atoms with Gasteiger partial charge in [-0.1, -0.05) is 0 Å². The summed E-state index contributed by atoms with van der Waals surface area (Å²) >= 11 is 0. The van der Waals surface area contributed by atoms with Gasteiger partial charge in [-0.25, -0.2) is 0 Å². The molecule has 13 nitrogen and oxygen atoms in total. The van der Waals surface area contributed by atoms with Crippen molar-refractivity contribution in [1.82, 2.24) is 10.2 Å². The van der Waals surface area contributed by atoms with E-state index in [2.05, 4.69) is 5.32 Å². The summed E-state index contributed by atoms with van der Waals surface area (Å²) < 4.78 is 0. The van der Waals surface area contributed by atoms with Gasteiger partial charge in [-0.15, -0.1) is 0 Å². The summed E-state index contributed by atoms with van der Waals surface area (Å²) in [5, 5.41) is 58.2. The number of aliphatic hydroxyl groups excluding tert-OH is 3. The molecular formula is C28H39N5O8.